The van der Waals surface area contributed by atoms with Gasteiger partial charge in [0.05, 0.1) is 0 Å². The van der Waals surface area contributed by atoms with E-state index in [1.165, 1.54) is 18.0 Å². The molecule has 0 radical (unpaired) electrons. The van der Waals surface area contributed by atoms with Crippen LogP contribution in [-0.2, 0) is 0 Å². The minimum absolute atomic E-state index is 0.425. The van der Waals surface area contributed by atoms with Crippen LogP contribution < -0.4 is 5.32 Å². The Kier molecular flexibility index (Phi) is 2.26. The molecular weight excluding hydrogens is 194 g/mol. The summed E-state index contributed by atoms with van der Waals surface area (Å²) in [6, 6.07) is 0.593. The Labute approximate surface area is 89.1 Å². The maximum absolute atomic E-state index is 4.45. The molecule has 4 heteroatoms. The van der Waals surface area contributed by atoms with Crippen molar-refractivity contribution in [1.82, 2.24) is 9.36 Å². The minimum Gasteiger partial charge on any atom is -0.357 e. The van der Waals surface area contributed by atoms with Crippen LogP contribution in [0.3, 0.4) is 0 Å². The van der Waals surface area contributed by atoms with E-state index in [0.29, 0.717) is 17.4 Å². The summed E-state index contributed by atoms with van der Waals surface area (Å²) in [5.74, 6) is 1.38. The van der Waals surface area contributed by atoms with Gasteiger partial charge in [-0.25, -0.2) is 4.98 Å². The number of nitrogens with zero attached hydrogens (tertiary/aromatic N) is 2. The van der Waals surface area contributed by atoms with Crippen molar-refractivity contribution >= 4 is 16.7 Å². The molecule has 1 unspecified atom stereocenters. The molecule has 1 aromatic heterocycles. The lowest BCUT2D eigenvalue weighted by atomic mass is 10.2. The van der Waals surface area contributed by atoms with Gasteiger partial charge in [0.25, 0.3) is 0 Å². The van der Waals surface area contributed by atoms with E-state index in [4.69, 9.17) is 0 Å². The summed E-state index contributed by atoms with van der Waals surface area (Å²) in [5.41, 5.74) is 0.448. The van der Waals surface area contributed by atoms with Crippen LogP contribution in [0, 0.1) is 5.41 Å². The molecule has 3 nitrogen and oxygen atoms in total. The zero-order chi connectivity index (χ0) is 10.3. The molecule has 78 valence electrons. The lowest BCUT2D eigenvalue weighted by Crippen LogP contribution is -2.08. The molecule has 0 aromatic carbocycles. The molecule has 0 saturated heterocycles. The van der Waals surface area contributed by atoms with Crippen LogP contribution >= 0.6 is 11.5 Å². The Balaban J connectivity index is 1.98. The van der Waals surface area contributed by atoms with Gasteiger partial charge in [-0.05, 0) is 11.8 Å². The fourth-order valence-corrected chi connectivity index (χ4v) is 2.15. The van der Waals surface area contributed by atoms with Gasteiger partial charge in [-0.15, -0.1) is 0 Å². The molecule has 0 spiro atoms. The van der Waals surface area contributed by atoms with Crippen LogP contribution in [0.2, 0.25) is 0 Å². The average Bonchev–Trinajstić information content (AvgIpc) is 2.51. The molecule has 1 heterocycles. The predicted molar refractivity (Wildman–Crippen MR) is 59.8 cm³/mol. The van der Waals surface area contributed by atoms with Crippen LogP contribution in [-0.4, -0.2) is 15.4 Å². The summed E-state index contributed by atoms with van der Waals surface area (Å²) < 4.78 is 4.31. The van der Waals surface area contributed by atoms with E-state index in [-0.39, 0.29) is 0 Å². The quantitative estimate of drug-likeness (QED) is 0.835. The number of hydrogen-bond acceptors (Lipinski definition) is 4. The predicted octanol–water partition coefficient (Wildman–Crippen LogP) is 2.87. The van der Waals surface area contributed by atoms with Crippen LogP contribution in [0.15, 0.2) is 0 Å². The molecule has 14 heavy (non-hydrogen) atoms. The molecule has 1 aliphatic rings. The summed E-state index contributed by atoms with van der Waals surface area (Å²) in [6.07, 6.45) is 1.24. The first kappa shape index (κ1) is 9.90. The number of anilines is 1. The first-order valence-electron chi connectivity index (χ1n) is 5.09. The summed E-state index contributed by atoms with van der Waals surface area (Å²) in [4.78, 5) is 4.45. The molecule has 0 bridgehead atoms. The normalized spacial score (nSPS) is 23.9. The maximum Gasteiger partial charge on any atom is 0.202 e. The van der Waals surface area contributed by atoms with Crippen LogP contribution in [0.1, 0.15) is 45.9 Å². The van der Waals surface area contributed by atoms with Crippen molar-refractivity contribution in [2.45, 2.75) is 46.1 Å². The zero-order valence-electron chi connectivity index (χ0n) is 9.16. The molecule has 1 aromatic rings. The van der Waals surface area contributed by atoms with Gasteiger partial charge in [0.2, 0.25) is 5.13 Å². The van der Waals surface area contributed by atoms with Crippen molar-refractivity contribution in [3.05, 3.63) is 5.82 Å². The van der Waals surface area contributed by atoms with E-state index in [2.05, 4.69) is 42.4 Å². The third-order valence-corrected chi connectivity index (χ3v) is 3.43. The van der Waals surface area contributed by atoms with Crippen molar-refractivity contribution in [1.29, 1.82) is 0 Å². The smallest absolute Gasteiger partial charge is 0.202 e. The second-order valence-corrected chi connectivity index (χ2v) is 5.75. The molecule has 2 rings (SSSR count). The van der Waals surface area contributed by atoms with E-state index in [0.717, 1.165) is 11.0 Å². The third kappa shape index (κ3) is 1.90. The summed E-state index contributed by atoms with van der Waals surface area (Å²) in [6.45, 7) is 8.78. The Hall–Kier alpha value is -0.640. The molecule has 1 fully saturated rings. The lowest BCUT2D eigenvalue weighted by molar-refractivity contribution is 0.630. The lowest BCUT2D eigenvalue weighted by Gasteiger charge is -2.03. The Morgan fingerprint density at radius 1 is 1.50 bits per heavy atom. The molecule has 0 aliphatic heterocycles. The third-order valence-electron chi connectivity index (χ3n) is 2.77. The van der Waals surface area contributed by atoms with Gasteiger partial charge in [0.1, 0.15) is 5.82 Å². The number of hydrogen-bond donors (Lipinski definition) is 1. The molecule has 1 saturated carbocycles. The molecule has 1 N–H and O–H groups in total. The Morgan fingerprint density at radius 3 is 2.57 bits per heavy atom. The van der Waals surface area contributed by atoms with E-state index >= 15 is 0 Å². The zero-order valence-corrected chi connectivity index (χ0v) is 9.98. The van der Waals surface area contributed by atoms with Crippen LogP contribution in [0.4, 0.5) is 5.13 Å². The van der Waals surface area contributed by atoms with Crippen molar-refractivity contribution in [2.24, 2.45) is 5.41 Å². The monoisotopic (exact) mass is 211 g/mol. The van der Waals surface area contributed by atoms with Gasteiger partial charge >= 0.3 is 0 Å². The highest BCUT2D eigenvalue weighted by molar-refractivity contribution is 7.09. The highest BCUT2D eigenvalue weighted by Gasteiger charge is 2.46. The summed E-state index contributed by atoms with van der Waals surface area (Å²) >= 11 is 1.47. The minimum atomic E-state index is 0.425. The van der Waals surface area contributed by atoms with Crippen LogP contribution in [0.25, 0.3) is 0 Å². The Morgan fingerprint density at radius 2 is 2.14 bits per heavy atom. The van der Waals surface area contributed by atoms with Gasteiger partial charge in [0, 0.05) is 23.5 Å². The van der Waals surface area contributed by atoms with Gasteiger partial charge in [-0.1, -0.05) is 27.7 Å². The average molecular weight is 211 g/mol. The van der Waals surface area contributed by atoms with Gasteiger partial charge in [-0.2, -0.15) is 4.37 Å². The van der Waals surface area contributed by atoms with E-state index in [1.54, 1.807) is 0 Å². The second kappa shape index (κ2) is 3.19. The molecular formula is C10H17N3S. The molecule has 1 atom stereocenters. The van der Waals surface area contributed by atoms with E-state index in [1.807, 2.05) is 0 Å². The van der Waals surface area contributed by atoms with Crippen LogP contribution in [0.5, 0.6) is 0 Å². The number of nitrogens with one attached hydrogen (secondary N) is 1. The van der Waals surface area contributed by atoms with E-state index in [9.17, 15) is 0 Å². The van der Waals surface area contributed by atoms with Crippen molar-refractivity contribution in [3.8, 4) is 0 Å². The maximum atomic E-state index is 4.45. The van der Waals surface area contributed by atoms with Crippen molar-refractivity contribution < 1.29 is 0 Å². The first-order valence-corrected chi connectivity index (χ1v) is 5.86. The van der Waals surface area contributed by atoms with Gasteiger partial charge in [-0.3, -0.25) is 0 Å². The number of rotatable bonds is 3. The van der Waals surface area contributed by atoms with Crippen molar-refractivity contribution in [2.75, 3.05) is 5.32 Å². The standard InChI is InChI=1S/C10H17N3S/c1-6(2)8-12-9(14-13-8)11-7-5-10(7,3)4/h6-7H,5H2,1-4H3,(H,11,12,13). The fourth-order valence-electron chi connectivity index (χ4n) is 1.39. The van der Waals surface area contributed by atoms with Gasteiger partial charge in [0.15, 0.2) is 0 Å². The van der Waals surface area contributed by atoms with Crippen molar-refractivity contribution in [3.63, 3.8) is 0 Å². The SMILES string of the molecule is CC(C)c1nsc(NC2CC2(C)C)n1. The number of aromatic nitrogens is 2. The fraction of sp³-hybridized carbons (Fsp3) is 0.800. The molecule has 0 amide bonds. The largest absolute Gasteiger partial charge is 0.357 e. The first-order chi connectivity index (χ1) is 6.49. The van der Waals surface area contributed by atoms with E-state index < -0.39 is 0 Å². The Bertz CT molecular complexity index is 330. The topological polar surface area (TPSA) is 37.8 Å². The summed E-state index contributed by atoms with van der Waals surface area (Å²) in [7, 11) is 0. The second-order valence-electron chi connectivity index (χ2n) is 5.00. The highest BCUT2D eigenvalue weighted by atomic mass is 32.1. The molecule has 1 aliphatic carbocycles. The highest BCUT2D eigenvalue weighted by Crippen LogP contribution is 2.46. The summed E-state index contributed by atoms with van der Waals surface area (Å²) in [5, 5.41) is 4.40. The van der Waals surface area contributed by atoms with Gasteiger partial charge < -0.3 is 5.32 Å².